The molecule has 23 heavy (non-hydrogen) atoms. The highest BCUT2D eigenvalue weighted by molar-refractivity contribution is 5.79. The summed E-state index contributed by atoms with van der Waals surface area (Å²) in [6, 6.07) is 4.20. The minimum Gasteiger partial charge on any atom is -0.342 e. The Morgan fingerprint density at radius 3 is 2.65 bits per heavy atom. The second-order valence-electron chi connectivity index (χ2n) is 7.56. The molecule has 2 aliphatic heterocycles. The van der Waals surface area contributed by atoms with E-state index in [1.165, 1.54) is 31.4 Å². The molecule has 0 unspecified atom stereocenters. The van der Waals surface area contributed by atoms with Gasteiger partial charge in [-0.2, -0.15) is 0 Å². The van der Waals surface area contributed by atoms with Crippen LogP contribution in [0.25, 0.3) is 0 Å². The van der Waals surface area contributed by atoms with Crippen molar-refractivity contribution < 1.29 is 4.79 Å². The molecule has 3 aliphatic rings. The number of pyridine rings is 1. The number of aromatic nitrogens is 1. The maximum absolute atomic E-state index is 12.5. The van der Waals surface area contributed by atoms with E-state index in [1.807, 2.05) is 18.5 Å². The fraction of sp³-hybridized carbons (Fsp3) is 0.684. The van der Waals surface area contributed by atoms with Gasteiger partial charge in [-0.05, 0) is 56.7 Å². The predicted molar refractivity (Wildman–Crippen MR) is 89.8 cm³/mol. The van der Waals surface area contributed by atoms with Crippen molar-refractivity contribution in [2.45, 2.75) is 57.0 Å². The van der Waals surface area contributed by atoms with E-state index in [4.69, 9.17) is 0 Å². The lowest BCUT2D eigenvalue weighted by Gasteiger charge is -2.46. The van der Waals surface area contributed by atoms with Gasteiger partial charge < -0.3 is 4.90 Å². The van der Waals surface area contributed by atoms with Crippen LogP contribution >= 0.6 is 0 Å². The van der Waals surface area contributed by atoms with Crippen molar-refractivity contribution in [3.63, 3.8) is 0 Å². The summed E-state index contributed by atoms with van der Waals surface area (Å²) in [6.07, 6.45) is 12.2. The van der Waals surface area contributed by atoms with E-state index in [0.29, 0.717) is 17.4 Å². The van der Waals surface area contributed by atoms with Gasteiger partial charge in [0.15, 0.2) is 0 Å². The van der Waals surface area contributed by atoms with Gasteiger partial charge in [0.2, 0.25) is 5.91 Å². The van der Waals surface area contributed by atoms with E-state index in [0.717, 1.165) is 45.3 Å². The van der Waals surface area contributed by atoms with Crippen LogP contribution in [0.2, 0.25) is 0 Å². The Bertz CT molecular complexity index is 547. The van der Waals surface area contributed by atoms with Crippen molar-refractivity contribution in [3.8, 4) is 0 Å². The van der Waals surface area contributed by atoms with Crippen LogP contribution in [0, 0.1) is 5.92 Å². The number of nitrogens with zero attached hydrogens (tertiary/aromatic N) is 3. The molecule has 124 valence electrons. The molecule has 0 bridgehead atoms. The molecule has 4 heteroatoms. The number of hydrogen-bond acceptors (Lipinski definition) is 3. The van der Waals surface area contributed by atoms with E-state index in [2.05, 4.69) is 20.9 Å². The number of rotatable bonds is 3. The average Bonchev–Trinajstić information content (AvgIpc) is 2.90. The number of carbonyl (C=O) groups is 1. The van der Waals surface area contributed by atoms with Gasteiger partial charge in [0, 0.05) is 43.5 Å². The van der Waals surface area contributed by atoms with Gasteiger partial charge in [-0.15, -0.1) is 0 Å². The third-order valence-corrected chi connectivity index (χ3v) is 6.30. The molecule has 3 fully saturated rings. The highest BCUT2D eigenvalue weighted by Crippen LogP contribution is 2.40. The predicted octanol–water partition coefficient (Wildman–Crippen LogP) is 2.84. The van der Waals surface area contributed by atoms with Crippen LogP contribution in [0.15, 0.2) is 24.5 Å². The van der Waals surface area contributed by atoms with Gasteiger partial charge >= 0.3 is 0 Å². The Hall–Kier alpha value is -1.42. The fourth-order valence-electron chi connectivity index (χ4n) is 4.58. The Kier molecular flexibility index (Phi) is 4.10. The lowest BCUT2D eigenvalue weighted by Crippen LogP contribution is -2.54. The summed E-state index contributed by atoms with van der Waals surface area (Å²) in [5, 5.41) is 0. The van der Waals surface area contributed by atoms with Crippen LogP contribution in [-0.4, -0.2) is 45.9 Å². The quantitative estimate of drug-likeness (QED) is 0.861. The van der Waals surface area contributed by atoms with Crippen LogP contribution in [-0.2, 0) is 11.3 Å². The molecule has 0 atom stereocenters. The zero-order chi connectivity index (χ0) is 15.7. The molecule has 1 saturated carbocycles. The average molecular weight is 313 g/mol. The van der Waals surface area contributed by atoms with E-state index < -0.39 is 0 Å². The Morgan fingerprint density at radius 1 is 1.17 bits per heavy atom. The fourth-order valence-corrected chi connectivity index (χ4v) is 4.58. The SMILES string of the molecule is O=C(C1CCC1)N1CCC2(CCCN2Cc2cccnc2)CC1. The van der Waals surface area contributed by atoms with Crippen LogP contribution in [0.4, 0.5) is 0 Å². The summed E-state index contributed by atoms with van der Waals surface area (Å²) in [5.41, 5.74) is 1.63. The van der Waals surface area contributed by atoms with Gasteiger partial charge in [0.05, 0.1) is 0 Å². The van der Waals surface area contributed by atoms with Crippen molar-refractivity contribution in [2.75, 3.05) is 19.6 Å². The van der Waals surface area contributed by atoms with Crippen LogP contribution in [0.5, 0.6) is 0 Å². The van der Waals surface area contributed by atoms with Crippen molar-refractivity contribution >= 4 is 5.91 Å². The molecule has 0 aromatic carbocycles. The second-order valence-corrected chi connectivity index (χ2v) is 7.56. The molecule has 1 aromatic rings. The Balaban J connectivity index is 1.39. The van der Waals surface area contributed by atoms with Gasteiger partial charge in [-0.3, -0.25) is 14.7 Å². The number of amides is 1. The summed E-state index contributed by atoms with van der Waals surface area (Å²) in [7, 11) is 0. The standard InChI is InChI=1S/C19H27N3O/c23-18(17-5-1-6-17)21-12-8-19(9-13-21)7-3-11-22(19)15-16-4-2-10-20-14-16/h2,4,10,14,17H,1,3,5-9,11-13,15H2. The first-order valence-electron chi connectivity index (χ1n) is 9.20. The second kappa shape index (κ2) is 6.23. The van der Waals surface area contributed by atoms with E-state index in [1.54, 1.807) is 0 Å². The van der Waals surface area contributed by atoms with E-state index >= 15 is 0 Å². The first-order chi connectivity index (χ1) is 11.3. The van der Waals surface area contributed by atoms with Crippen LogP contribution < -0.4 is 0 Å². The van der Waals surface area contributed by atoms with Crippen molar-refractivity contribution in [1.29, 1.82) is 0 Å². The summed E-state index contributed by atoms with van der Waals surface area (Å²) < 4.78 is 0. The molecular weight excluding hydrogens is 286 g/mol. The zero-order valence-corrected chi connectivity index (χ0v) is 13.9. The molecule has 3 heterocycles. The zero-order valence-electron chi connectivity index (χ0n) is 13.9. The number of carbonyl (C=O) groups excluding carboxylic acids is 1. The van der Waals surface area contributed by atoms with E-state index in [9.17, 15) is 4.79 Å². The molecule has 0 N–H and O–H groups in total. The van der Waals surface area contributed by atoms with Crippen LogP contribution in [0.1, 0.15) is 50.5 Å². The topological polar surface area (TPSA) is 36.4 Å². The third kappa shape index (κ3) is 2.89. The lowest BCUT2D eigenvalue weighted by atomic mass is 9.81. The molecule has 1 aliphatic carbocycles. The number of piperidine rings is 1. The molecule has 1 amide bonds. The molecule has 4 rings (SSSR count). The maximum atomic E-state index is 12.5. The summed E-state index contributed by atoms with van der Waals surface area (Å²) in [5.74, 6) is 0.780. The van der Waals surface area contributed by atoms with Crippen molar-refractivity contribution in [3.05, 3.63) is 30.1 Å². The summed E-state index contributed by atoms with van der Waals surface area (Å²) in [6.45, 7) is 4.10. The molecule has 2 saturated heterocycles. The van der Waals surface area contributed by atoms with Gasteiger partial charge in [0.25, 0.3) is 0 Å². The Morgan fingerprint density at radius 2 is 2.00 bits per heavy atom. The first-order valence-corrected chi connectivity index (χ1v) is 9.20. The number of hydrogen-bond donors (Lipinski definition) is 0. The van der Waals surface area contributed by atoms with E-state index in [-0.39, 0.29) is 0 Å². The molecular formula is C19H27N3O. The molecule has 0 radical (unpaired) electrons. The highest BCUT2D eigenvalue weighted by Gasteiger charge is 2.44. The minimum atomic E-state index is 0.326. The van der Waals surface area contributed by atoms with Crippen molar-refractivity contribution in [2.24, 2.45) is 5.92 Å². The van der Waals surface area contributed by atoms with Gasteiger partial charge in [-0.25, -0.2) is 0 Å². The summed E-state index contributed by atoms with van der Waals surface area (Å²) >= 11 is 0. The largest absolute Gasteiger partial charge is 0.342 e. The normalized spacial score (nSPS) is 24.8. The maximum Gasteiger partial charge on any atom is 0.225 e. The third-order valence-electron chi connectivity index (χ3n) is 6.30. The van der Waals surface area contributed by atoms with Crippen molar-refractivity contribution in [1.82, 2.24) is 14.8 Å². The summed E-state index contributed by atoms with van der Waals surface area (Å²) in [4.78, 5) is 21.5. The van der Waals surface area contributed by atoms with Gasteiger partial charge in [0.1, 0.15) is 0 Å². The monoisotopic (exact) mass is 313 g/mol. The minimum absolute atomic E-state index is 0.326. The van der Waals surface area contributed by atoms with Crippen LogP contribution in [0.3, 0.4) is 0 Å². The molecule has 4 nitrogen and oxygen atoms in total. The Labute approximate surface area is 138 Å². The number of likely N-dealkylation sites (tertiary alicyclic amines) is 2. The molecule has 1 spiro atoms. The first kappa shape index (κ1) is 15.1. The lowest BCUT2D eigenvalue weighted by molar-refractivity contribution is -0.140. The van der Waals surface area contributed by atoms with Gasteiger partial charge in [-0.1, -0.05) is 12.5 Å². The molecule has 1 aromatic heterocycles. The smallest absolute Gasteiger partial charge is 0.225 e. The highest BCUT2D eigenvalue weighted by atomic mass is 16.2.